The van der Waals surface area contributed by atoms with E-state index in [-0.39, 0.29) is 29.8 Å². The molecule has 7 heteroatoms. The summed E-state index contributed by atoms with van der Waals surface area (Å²) in [6.45, 7) is 3.90. The number of nitrogens with zero attached hydrogens (tertiary/aromatic N) is 2. The number of nitrogens with one attached hydrogen (secondary N) is 1. The van der Waals surface area contributed by atoms with E-state index < -0.39 is 5.60 Å². The minimum Gasteiger partial charge on any atom is -0.487 e. The predicted octanol–water partition coefficient (Wildman–Crippen LogP) is 3.06. The van der Waals surface area contributed by atoms with Gasteiger partial charge in [-0.1, -0.05) is 6.07 Å². The van der Waals surface area contributed by atoms with Crippen molar-refractivity contribution in [2.45, 2.75) is 31.9 Å². The average Bonchev–Trinajstić information content (AvgIpc) is 2.41. The Bertz CT molecular complexity index is 776. The van der Waals surface area contributed by atoms with E-state index in [0.29, 0.717) is 18.0 Å². The third kappa shape index (κ3) is 3.64. The number of aryl methyl sites for hydroxylation is 1. The molecule has 0 saturated carbocycles. The van der Waals surface area contributed by atoms with Gasteiger partial charge >= 0.3 is 0 Å². The fourth-order valence-corrected chi connectivity index (χ4v) is 2.67. The minimum atomic E-state index is -0.432. The summed E-state index contributed by atoms with van der Waals surface area (Å²) in [5.74, 6) is 0.695. The lowest BCUT2D eigenvalue weighted by molar-refractivity contribution is 0.0754. The molecule has 1 aliphatic heterocycles. The molecule has 0 bridgehead atoms. The molecular weight excluding hydrogens is 321 g/mol. The van der Waals surface area contributed by atoms with Gasteiger partial charge in [-0.3, -0.25) is 4.79 Å². The summed E-state index contributed by atoms with van der Waals surface area (Å²) >= 11 is 0. The normalized spacial score (nSPS) is 18.3. The van der Waals surface area contributed by atoms with Gasteiger partial charge in [0.05, 0.1) is 12.4 Å². The number of fused-ring (bicyclic) bond motifs is 1. The first kappa shape index (κ1) is 17.3. The summed E-state index contributed by atoms with van der Waals surface area (Å²) in [6, 6.07) is 5.86. The van der Waals surface area contributed by atoms with Gasteiger partial charge in [0, 0.05) is 31.2 Å². The van der Waals surface area contributed by atoms with Gasteiger partial charge in [-0.2, -0.15) is 0 Å². The van der Waals surface area contributed by atoms with Gasteiger partial charge in [0.1, 0.15) is 23.0 Å². The van der Waals surface area contributed by atoms with Gasteiger partial charge in [-0.05, 0) is 19.9 Å². The van der Waals surface area contributed by atoms with Crippen LogP contribution in [0, 0.1) is 5.82 Å². The van der Waals surface area contributed by atoms with Crippen LogP contribution in [0.5, 0.6) is 5.75 Å². The van der Waals surface area contributed by atoms with Crippen molar-refractivity contribution >= 4 is 18.2 Å². The van der Waals surface area contributed by atoms with Crippen LogP contribution in [0.25, 0.3) is 0 Å². The molecule has 1 aliphatic rings. The lowest BCUT2D eigenvalue weighted by atomic mass is 9.89. The highest BCUT2D eigenvalue weighted by Crippen LogP contribution is 2.41. The van der Waals surface area contributed by atoms with Gasteiger partial charge in [0.15, 0.2) is 0 Å². The van der Waals surface area contributed by atoms with E-state index in [2.05, 4.69) is 10.3 Å². The van der Waals surface area contributed by atoms with Crippen LogP contribution in [-0.4, -0.2) is 15.2 Å². The molecule has 1 aromatic carbocycles. The molecule has 1 N–H and O–H groups in total. The molecule has 2 heterocycles. The molecule has 0 spiro atoms. The fourth-order valence-electron chi connectivity index (χ4n) is 2.67. The molecular formula is C16H19ClFN3O2. The molecule has 5 nitrogen and oxygen atoms in total. The molecule has 1 aromatic heterocycles. The largest absolute Gasteiger partial charge is 0.487 e. The fraction of sp³-hybridized carbons (Fsp3) is 0.375. The highest BCUT2D eigenvalue weighted by molar-refractivity contribution is 5.85. The molecule has 0 saturated heterocycles. The van der Waals surface area contributed by atoms with Gasteiger partial charge in [0.25, 0.3) is 5.56 Å². The van der Waals surface area contributed by atoms with Gasteiger partial charge < -0.3 is 14.6 Å². The van der Waals surface area contributed by atoms with Crippen molar-refractivity contribution in [2.75, 3.05) is 5.32 Å². The van der Waals surface area contributed by atoms with E-state index in [0.717, 1.165) is 5.56 Å². The van der Waals surface area contributed by atoms with Crippen molar-refractivity contribution < 1.29 is 9.13 Å². The monoisotopic (exact) mass is 339 g/mol. The van der Waals surface area contributed by atoms with E-state index in [1.54, 1.807) is 13.1 Å². The minimum absolute atomic E-state index is 0. The quantitative estimate of drug-likeness (QED) is 0.913. The SMILES string of the molecule is Cl.Cn1cnc(NC2CC(C)(C)Oc3cc(F)ccc32)cc1=O. The smallest absolute Gasteiger partial charge is 0.255 e. The van der Waals surface area contributed by atoms with Crippen molar-refractivity contribution in [3.63, 3.8) is 0 Å². The maximum atomic E-state index is 13.4. The van der Waals surface area contributed by atoms with E-state index in [9.17, 15) is 9.18 Å². The predicted molar refractivity (Wildman–Crippen MR) is 88.8 cm³/mol. The molecule has 3 rings (SSSR count). The molecule has 0 fully saturated rings. The van der Waals surface area contributed by atoms with Crippen molar-refractivity contribution in [3.05, 3.63) is 52.3 Å². The third-order valence-corrected chi connectivity index (χ3v) is 3.73. The maximum absolute atomic E-state index is 13.4. The van der Waals surface area contributed by atoms with E-state index in [4.69, 9.17) is 4.74 Å². The number of rotatable bonds is 2. The first-order valence-electron chi connectivity index (χ1n) is 7.12. The highest BCUT2D eigenvalue weighted by Gasteiger charge is 2.34. The number of benzene rings is 1. The summed E-state index contributed by atoms with van der Waals surface area (Å²) < 4.78 is 20.7. The Labute approximate surface area is 139 Å². The third-order valence-electron chi connectivity index (χ3n) is 3.73. The van der Waals surface area contributed by atoms with Crippen molar-refractivity contribution in [2.24, 2.45) is 7.05 Å². The first-order chi connectivity index (χ1) is 10.3. The molecule has 23 heavy (non-hydrogen) atoms. The Morgan fingerprint density at radius 1 is 1.39 bits per heavy atom. The number of hydrogen-bond donors (Lipinski definition) is 1. The molecule has 0 amide bonds. The van der Waals surface area contributed by atoms with Crippen molar-refractivity contribution in [3.8, 4) is 5.75 Å². The highest BCUT2D eigenvalue weighted by atomic mass is 35.5. The lowest BCUT2D eigenvalue weighted by Crippen LogP contribution is -2.37. The lowest BCUT2D eigenvalue weighted by Gasteiger charge is -2.38. The Morgan fingerprint density at radius 3 is 2.83 bits per heavy atom. The number of ether oxygens (including phenoxy) is 1. The van der Waals surface area contributed by atoms with Crippen LogP contribution >= 0.6 is 12.4 Å². The maximum Gasteiger partial charge on any atom is 0.255 e. The van der Waals surface area contributed by atoms with Gasteiger partial charge in [0.2, 0.25) is 0 Å². The Hall–Kier alpha value is -2.08. The van der Waals surface area contributed by atoms with E-state index in [1.807, 2.05) is 13.8 Å². The molecule has 0 radical (unpaired) electrons. The second-order valence-corrected chi connectivity index (χ2v) is 6.17. The van der Waals surface area contributed by atoms with Crippen molar-refractivity contribution in [1.29, 1.82) is 0 Å². The molecule has 0 aliphatic carbocycles. The van der Waals surface area contributed by atoms with E-state index in [1.165, 1.54) is 29.1 Å². The molecule has 1 atom stereocenters. The Kier molecular flexibility index (Phi) is 4.66. The summed E-state index contributed by atoms with van der Waals surface area (Å²) in [4.78, 5) is 15.9. The number of aromatic nitrogens is 2. The first-order valence-corrected chi connectivity index (χ1v) is 7.12. The van der Waals surface area contributed by atoms with Gasteiger partial charge in [-0.25, -0.2) is 9.37 Å². The van der Waals surface area contributed by atoms with Crippen LogP contribution in [0.15, 0.2) is 35.4 Å². The second-order valence-electron chi connectivity index (χ2n) is 6.17. The molecule has 124 valence electrons. The van der Waals surface area contributed by atoms with E-state index >= 15 is 0 Å². The van der Waals surface area contributed by atoms with Crippen LogP contribution in [-0.2, 0) is 7.05 Å². The molecule has 1 unspecified atom stereocenters. The number of halogens is 2. The zero-order valence-corrected chi connectivity index (χ0v) is 14.0. The summed E-state index contributed by atoms with van der Waals surface area (Å²) in [5, 5.41) is 3.25. The van der Waals surface area contributed by atoms with Crippen LogP contribution in [0.2, 0.25) is 0 Å². The zero-order chi connectivity index (χ0) is 15.9. The van der Waals surface area contributed by atoms with Crippen LogP contribution in [0.1, 0.15) is 31.9 Å². The van der Waals surface area contributed by atoms with Crippen LogP contribution < -0.4 is 15.6 Å². The topological polar surface area (TPSA) is 56.1 Å². The number of anilines is 1. The Morgan fingerprint density at radius 2 is 2.13 bits per heavy atom. The summed E-state index contributed by atoms with van der Waals surface area (Å²) in [5.41, 5.74) is 0.296. The van der Waals surface area contributed by atoms with Gasteiger partial charge in [-0.15, -0.1) is 12.4 Å². The molecule has 2 aromatic rings. The summed E-state index contributed by atoms with van der Waals surface area (Å²) in [6.07, 6.45) is 2.16. The standard InChI is InChI=1S/C16H18FN3O2.ClH/c1-16(2)8-12(11-5-4-10(17)6-13(11)22-16)19-14-7-15(21)20(3)9-18-14;/h4-7,9,12,19H,8H2,1-3H3;1H. The van der Waals surface area contributed by atoms with Crippen LogP contribution in [0.4, 0.5) is 10.2 Å². The van der Waals surface area contributed by atoms with Crippen LogP contribution in [0.3, 0.4) is 0 Å². The Balaban J connectivity index is 0.00000192. The number of hydrogen-bond acceptors (Lipinski definition) is 4. The average molecular weight is 340 g/mol. The second kappa shape index (κ2) is 6.20. The van der Waals surface area contributed by atoms with Crippen molar-refractivity contribution in [1.82, 2.24) is 9.55 Å². The zero-order valence-electron chi connectivity index (χ0n) is 13.2. The summed E-state index contributed by atoms with van der Waals surface area (Å²) in [7, 11) is 1.65.